The fourth-order valence-corrected chi connectivity index (χ4v) is 5.61. The molecular formula is C16H16N4OS2. The third-order valence-electron chi connectivity index (χ3n) is 4.71. The molecule has 3 aromatic rings. The van der Waals surface area contributed by atoms with Crippen molar-refractivity contribution in [1.82, 2.24) is 19.7 Å². The number of nitrogens with zero attached hydrogens (tertiary/aromatic N) is 3. The quantitative estimate of drug-likeness (QED) is 0.738. The summed E-state index contributed by atoms with van der Waals surface area (Å²) in [6.07, 6.45) is 7.22. The number of aryl methyl sites for hydroxylation is 2. The molecule has 5 rings (SSSR count). The van der Waals surface area contributed by atoms with Crippen molar-refractivity contribution in [2.45, 2.75) is 44.6 Å². The molecule has 3 aromatic heterocycles. The lowest BCUT2D eigenvalue weighted by Gasteiger charge is -2.11. The molecular weight excluding hydrogens is 328 g/mol. The highest BCUT2D eigenvalue weighted by Gasteiger charge is 2.32. The Morgan fingerprint density at radius 2 is 2.13 bits per heavy atom. The minimum absolute atomic E-state index is 0.0210. The summed E-state index contributed by atoms with van der Waals surface area (Å²) >= 11 is 3.44. The van der Waals surface area contributed by atoms with Gasteiger partial charge in [0.25, 0.3) is 0 Å². The third-order valence-corrected chi connectivity index (χ3v) is 6.74. The molecule has 0 spiro atoms. The molecule has 1 N–H and O–H groups in total. The van der Waals surface area contributed by atoms with Gasteiger partial charge in [-0.15, -0.1) is 22.7 Å². The molecule has 2 aliphatic rings. The number of nitrogens with one attached hydrogen (secondary N) is 1. The van der Waals surface area contributed by atoms with Crippen LogP contribution in [0, 0.1) is 0 Å². The van der Waals surface area contributed by atoms with Crippen LogP contribution in [-0.4, -0.2) is 20.3 Å². The first-order valence-electron chi connectivity index (χ1n) is 7.99. The number of fused-ring (bicyclic) bond motifs is 4. The number of carbonyl (C=O) groups is 1. The Morgan fingerprint density at radius 1 is 1.22 bits per heavy atom. The van der Waals surface area contributed by atoms with Crippen molar-refractivity contribution in [1.29, 1.82) is 0 Å². The predicted molar refractivity (Wildman–Crippen MR) is 90.1 cm³/mol. The van der Waals surface area contributed by atoms with Crippen molar-refractivity contribution in [3.63, 3.8) is 0 Å². The van der Waals surface area contributed by atoms with Gasteiger partial charge < -0.3 is 5.32 Å². The van der Waals surface area contributed by atoms with Crippen molar-refractivity contribution < 1.29 is 4.79 Å². The number of aromatic nitrogens is 3. The summed E-state index contributed by atoms with van der Waals surface area (Å²) in [5.41, 5.74) is 3.39. The fraction of sp³-hybridized carbons (Fsp3) is 0.438. The molecule has 1 amide bonds. The lowest BCUT2D eigenvalue weighted by molar-refractivity contribution is -0.121. The second-order valence-electron chi connectivity index (χ2n) is 6.16. The standard InChI is InChI=1S/C16H16N4OS2/c21-13-7-9(15-18-10-3-1-2-4-12(10)23-15)14-11(8-17-13)19-16-20(14)5-6-22-16/h5-6,9H,1-4,7-8H2,(H,17,21)/t9-/m0/s1. The summed E-state index contributed by atoms with van der Waals surface area (Å²) in [4.78, 5) is 24.2. The van der Waals surface area contributed by atoms with Crippen LogP contribution in [0.2, 0.25) is 0 Å². The van der Waals surface area contributed by atoms with Crippen LogP contribution >= 0.6 is 22.7 Å². The fourth-order valence-electron chi connectivity index (χ4n) is 3.61. The van der Waals surface area contributed by atoms with E-state index >= 15 is 0 Å². The van der Waals surface area contributed by atoms with Crippen molar-refractivity contribution >= 4 is 33.5 Å². The minimum atomic E-state index is 0.0210. The molecule has 1 aliphatic carbocycles. The normalized spacial score (nSPS) is 20.9. The van der Waals surface area contributed by atoms with E-state index in [2.05, 4.69) is 15.9 Å². The van der Waals surface area contributed by atoms with E-state index in [0.717, 1.165) is 34.2 Å². The lowest BCUT2D eigenvalue weighted by Crippen LogP contribution is -2.21. The molecule has 0 fully saturated rings. The number of carbonyl (C=O) groups excluding carboxylic acids is 1. The zero-order valence-corrected chi connectivity index (χ0v) is 14.2. The van der Waals surface area contributed by atoms with E-state index in [0.29, 0.717) is 13.0 Å². The largest absolute Gasteiger partial charge is 0.350 e. The number of hydrogen-bond donors (Lipinski definition) is 1. The number of rotatable bonds is 1. The number of thiazole rings is 2. The molecule has 5 nitrogen and oxygen atoms in total. The molecule has 23 heavy (non-hydrogen) atoms. The zero-order chi connectivity index (χ0) is 15.4. The predicted octanol–water partition coefficient (Wildman–Crippen LogP) is 2.88. The zero-order valence-electron chi connectivity index (χ0n) is 12.5. The Kier molecular flexibility index (Phi) is 3.06. The van der Waals surface area contributed by atoms with E-state index < -0.39 is 0 Å². The van der Waals surface area contributed by atoms with Crippen molar-refractivity contribution in [2.75, 3.05) is 0 Å². The van der Waals surface area contributed by atoms with Gasteiger partial charge in [0.15, 0.2) is 4.96 Å². The monoisotopic (exact) mass is 344 g/mol. The molecule has 1 atom stereocenters. The second-order valence-corrected chi connectivity index (χ2v) is 8.15. The van der Waals surface area contributed by atoms with Crippen LogP contribution in [0.1, 0.15) is 52.1 Å². The summed E-state index contributed by atoms with van der Waals surface area (Å²) in [6.45, 7) is 0.518. The Balaban J connectivity index is 1.68. The summed E-state index contributed by atoms with van der Waals surface area (Å²) in [5.74, 6) is 0.109. The molecule has 0 radical (unpaired) electrons. The second kappa shape index (κ2) is 5.14. The number of imidazole rings is 1. The van der Waals surface area contributed by atoms with Gasteiger partial charge in [-0.25, -0.2) is 9.97 Å². The molecule has 0 aromatic carbocycles. The van der Waals surface area contributed by atoms with Gasteiger partial charge in [-0.3, -0.25) is 9.20 Å². The first-order valence-corrected chi connectivity index (χ1v) is 9.68. The van der Waals surface area contributed by atoms with Gasteiger partial charge in [0.2, 0.25) is 5.91 Å². The van der Waals surface area contributed by atoms with Gasteiger partial charge >= 0.3 is 0 Å². The highest BCUT2D eigenvalue weighted by Crippen LogP contribution is 2.38. The maximum Gasteiger partial charge on any atom is 0.221 e. The molecule has 0 saturated heterocycles. The van der Waals surface area contributed by atoms with Crippen LogP contribution in [0.3, 0.4) is 0 Å². The topological polar surface area (TPSA) is 59.3 Å². The molecule has 118 valence electrons. The summed E-state index contributed by atoms with van der Waals surface area (Å²) in [7, 11) is 0. The van der Waals surface area contributed by atoms with Gasteiger partial charge in [-0.05, 0) is 25.7 Å². The smallest absolute Gasteiger partial charge is 0.221 e. The Labute approximate surface area is 141 Å². The summed E-state index contributed by atoms with van der Waals surface area (Å²) in [6, 6.07) is 0. The molecule has 4 heterocycles. The van der Waals surface area contributed by atoms with Gasteiger partial charge in [-0.1, -0.05) is 0 Å². The number of hydrogen-bond acceptors (Lipinski definition) is 5. The van der Waals surface area contributed by atoms with Crippen molar-refractivity contribution in [3.8, 4) is 0 Å². The van der Waals surface area contributed by atoms with Crippen LogP contribution in [0.25, 0.3) is 4.96 Å². The van der Waals surface area contributed by atoms with Gasteiger partial charge in [0.1, 0.15) is 5.01 Å². The van der Waals surface area contributed by atoms with Crippen molar-refractivity contribution in [2.24, 2.45) is 0 Å². The first kappa shape index (κ1) is 13.7. The summed E-state index contributed by atoms with van der Waals surface area (Å²) < 4.78 is 2.14. The highest BCUT2D eigenvalue weighted by atomic mass is 32.1. The van der Waals surface area contributed by atoms with E-state index in [1.54, 1.807) is 22.7 Å². The Hall–Kier alpha value is -1.73. The van der Waals surface area contributed by atoms with Crippen LogP contribution < -0.4 is 5.32 Å². The van der Waals surface area contributed by atoms with Gasteiger partial charge in [0, 0.05) is 22.9 Å². The average Bonchev–Trinajstić information content (AvgIpc) is 3.22. The van der Waals surface area contributed by atoms with Crippen LogP contribution in [0.15, 0.2) is 11.6 Å². The SMILES string of the molecule is O=C1C[C@H](c2nc3c(s2)CCCC3)c2c(nc3sccn23)CN1. The van der Waals surface area contributed by atoms with Crippen LogP contribution in [-0.2, 0) is 24.2 Å². The van der Waals surface area contributed by atoms with Gasteiger partial charge in [0.05, 0.1) is 29.5 Å². The summed E-state index contributed by atoms with van der Waals surface area (Å²) in [5, 5.41) is 6.11. The van der Waals surface area contributed by atoms with Crippen molar-refractivity contribution in [3.05, 3.63) is 38.5 Å². The minimum Gasteiger partial charge on any atom is -0.350 e. The van der Waals surface area contributed by atoms with Crippen LogP contribution in [0.4, 0.5) is 0 Å². The maximum atomic E-state index is 12.2. The van der Waals surface area contributed by atoms with E-state index in [1.807, 2.05) is 5.38 Å². The first-order chi connectivity index (χ1) is 11.3. The average molecular weight is 344 g/mol. The maximum absolute atomic E-state index is 12.2. The van der Waals surface area contributed by atoms with Crippen LogP contribution in [0.5, 0.6) is 0 Å². The molecule has 0 saturated carbocycles. The van der Waals surface area contributed by atoms with E-state index in [4.69, 9.17) is 9.97 Å². The molecule has 7 heteroatoms. The molecule has 0 bridgehead atoms. The van der Waals surface area contributed by atoms with E-state index in [1.165, 1.54) is 23.4 Å². The third kappa shape index (κ3) is 2.14. The highest BCUT2D eigenvalue weighted by molar-refractivity contribution is 7.15. The Bertz CT molecular complexity index is 883. The lowest BCUT2D eigenvalue weighted by atomic mass is 10.0. The van der Waals surface area contributed by atoms with E-state index in [9.17, 15) is 4.79 Å². The molecule has 0 unspecified atom stereocenters. The van der Waals surface area contributed by atoms with E-state index in [-0.39, 0.29) is 11.8 Å². The Morgan fingerprint density at radius 3 is 3.04 bits per heavy atom. The molecule has 1 aliphatic heterocycles. The number of amides is 1. The van der Waals surface area contributed by atoms with Gasteiger partial charge in [-0.2, -0.15) is 0 Å².